The minimum atomic E-state index is -0.569. The minimum absolute atomic E-state index is 0.116. The smallest absolute Gasteiger partial charge is 0.328 e. The van der Waals surface area contributed by atoms with Crippen LogP contribution in [-0.2, 0) is 14.3 Å². The predicted molar refractivity (Wildman–Crippen MR) is 79.1 cm³/mol. The number of nitrogens with one attached hydrogen (secondary N) is 2. The summed E-state index contributed by atoms with van der Waals surface area (Å²) >= 11 is 0. The lowest BCUT2D eigenvalue weighted by Gasteiger charge is -2.22. The van der Waals surface area contributed by atoms with Crippen LogP contribution < -0.4 is 15.5 Å². The number of ether oxygens (including phenoxy) is 1. The number of anilines is 1. The van der Waals surface area contributed by atoms with Gasteiger partial charge in [-0.3, -0.25) is 10.1 Å². The maximum absolute atomic E-state index is 11.8. The summed E-state index contributed by atoms with van der Waals surface area (Å²) in [5.74, 6) is -0.446. The average molecular weight is 317 g/mol. The summed E-state index contributed by atoms with van der Waals surface area (Å²) in [6.07, 6.45) is 4.51. The van der Waals surface area contributed by atoms with Crippen LogP contribution in [0.15, 0.2) is 18.0 Å². The van der Waals surface area contributed by atoms with Gasteiger partial charge in [0.1, 0.15) is 11.7 Å². The topological polar surface area (TPSA) is 114 Å². The van der Waals surface area contributed by atoms with E-state index in [1.165, 1.54) is 19.4 Å². The zero-order valence-electron chi connectivity index (χ0n) is 12.4. The molecule has 2 N–H and O–H groups in total. The first-order chi connectivity index (χ1) is 11.1. The molecule has 0 saturated carbocycles. The van der Waals surface area contributed by atoms with Crippen molar-refractivity contribution in [3.63, 3.8) is 0 Å². The van der Waals surface area contributed by atoms with Crippen molar-refractivity contribution in [2.45, 2.75) is 18.9 Å². The largest absolute Gasteiger partial charge is 0.467 e. The SMILES string of the molecule is COC(=O)C1CCCN1c1nccc(C=C2NC(=O)NC2=O)n1. The molecule has 120 valence electrons. The highest BCUT2D eigenvalue weighted by molar-refractivity contribution is 6.13. The molecule has 0 radical (unpaired) electrons. The molecule has 0 spiro atoms. The number of urea groups is 1. The van der Waals surface area contributed by atoms with Crippen LogP contribution in [0.5, 0.6) is 0 Å². The third-order valence-corrected chi connectivity index (χ3v) is 3.66. The molecular formula is C14H15N5O4. The van der Waals surface area contributed by atoms with E-state index in [-0.39, 0.29) is 11.7 Å². The lowest BCUT2D eigenvalue weighted by Crippen LogP contribution is -2.38. The summed E-state index contributed by atoms with van der Waals surface area (Å²) in [5.41, 5.74) is 0.573. The lowest BCUT2D eigenvalue weighted by atomic mass is 10.2. The Morgan fingerprint density at radius 1 is 1.43 bits per heavy atom. The number of aromatic nitrogens is 2. The van der Waals surface area contributed by atoms with Crippen molar-refractivity contribution in [2.24, 2.45) is 0 Å². The first-order valence-corrected chi connectivity index (χ1v) is 7.10. The first-order valence-electron chi connectivity index (χ1n) is 7.10. The van der Waals surface area contributed by atoms with Crippen LogP contribution in [0.2, 0.25) is 0 Å². The normalized spacial score (nSPS) is 22.2. The van der Waals surface area contributed by atoms with E-state index in [1.54, 1.807) is 11.0 Å². The number of esters is 1. The van der Waals surface area contributed by atoms with Gasteiger partial charge < -0.3 is 15.0 Å². The molecular weight excluding hydrogens is 302 g/mol. The minimum Gasteiger partial charge on any atom is -0.467 e. The second-order valence-corrected chi connectivity index (χ2v) is 5.12. The van der Waals surface area contributed by atoms with Gasteiger partial charge in [0.2, 0.25) is 5.95 Å². The molecule has 23 heavy (non-hydrogen) atoms. The van der Waals surface area contributed by atoms with Crippen molar-refractivity contribution in [2.75, 3.05) is 18.6 Å². The molecule has 3 heterocycles. The predicted octanol–water partition coefficient (Wildman–Crippen LogP) is -0.201. The second kappa shape index (κ2) is 6.03. The Balaban J connectivity index is 1.85. The van der Waals surface area contributed by atoms with Crippen molar-refractivity contribution in [1.82, 2.24) is 20.6 Å². The van der Waals surface area contributed by atoms with E-state index in [9.17, 15) is 14.4 Å². The summed E-state index contributed by atoms with van der Waals surface area (Å²) in [7, 11) is 1.35. The van der Waals surface area contributed by atoms with Gasteiger partial charge in [-0.15, -0.1) is 0 Å². The van der Waals surface area contributed by atoms with Crippen LogP contribution in [0.3, 0.4) is 0 Å². The van der Waals surface area contributed by atoms with E-state index in [2.05, 4.69) is 20.6 Å². The van der Waals surface area contributed by atoms with E-state index < -0.39 is 18.0 Å². The Morgan fingerprint density at radius 2 is 2.26 bits per heavy atom. The highest BCUT2D eigenvalue weighted by atomic mass is 16.5. The lowest BCUT2D eigenvalue weighted by molar-refractivity contribution is -0.142. The number of nitrogens with zero attached hydrogens (tertiary/aromatic N) is 3. The zero-order valence-corrected chi connectivity index (χ0v) is 12.4. The Bertz CT molecular complexity index is 702. The molecule has 2 fully saturated rings. The van der Waals surface area contributed by atoms with Gasteiger partial charge in [-0.05, 0) is 25.0 Å². The van der Waals surface area contributed by atoms with Gasteiger partial charge >= 0.3 is 12.0 Å². The standard InChI is InChI=1S/C14H15N5O4/c1-23-12(21)10-3-2-6-19(10)13-15-5-4-8(16-13)7-9-11(20)18-14(22)17-9/h4-5,7,10H,2-3,6H2,1H3,(H2,17,18,20,22). The van der Waals surface area contributed by atoms with Gasteiger partial charge in [0.15, 0.2) is 0 Å². The van der Waals surface area contributed by atoms with E-state index in [0.29, 0.717) is 24.6 Å². The van der Waals surface area contributed by atoms with Gasteiger partial charge in [-0.25, -0.2) is 19.6 Å². The van der Waals surface area contributed by atoms with Crippen molar-refractivity contribution < 1.29 is 19.1 Å². The number of amides is 3. The molecule has 3 rings (SSSR count). The van der Waals surface area contributed by atoms with E-state index in [1.807, 2.05) is 0 Å². The van der Waals surface area contributed by atoms with Crippen LogP contribution in [0.4, 0.5) is 10.7 Å². The number of hydrogen-bond acceptors (Lipinski definition) is 7. The number of methoxy groups -OCH3 is 1. The van der Waals surface area contributed by atoms with Crippen molar-refractivity contribution >= 4 is 29.9 Å². The molecule has 0 bridgehead atoms. The van der Waals surface area contributed by atoms with E-state index in [4.69, 9.17) is 4.74 Å². The molecule has 1 atom stereocenters. The van der Waals surface area contributed by atoms with Crippen molar-refractivity contribution in [3.8, 4) is 0 Å². The van der Waals surface area contributed by atoms with Crippen LogP contribution in [0, 0.1) is 0 Å². The molecule has 9 heteroatoms. The van der Waals surface area contributed by atoms with Crippen LogP contribution in [0.25, 0.3) is 6.08 Å². The number of rotatable bonds is 3. The fourth-order valence-electron chi connectivity index (χ4n) is 2.60. The van der Waals surface area contributed by atoms with E-state index >= 15 is 0 Å². The summed E-state index contributed by atoms with van der Waals surface area (Å²) in [4.78, 5) is 44.8. The van der Waals surface area contributed by atoms with Crippen LogP contribution in [0.1, 0.15) is 18.5 Å². The van der Waals surface area contributed by atoms with Crippen molar-refractivity contribution in [1.29, 1.82) is 0 Å². The highest BCUT2D eigenvalue weighted by Crippen LogP contribution is 2.23. The molecule has 9 nitrogen and oxygen atoms in total. The number of carbonyl (C=O) groups is 3. The number of carbonyl (C=O) groups excluding carboxylic acids is 3. The zero-order chi connectivity index (χ0) is 16.4. The number of imide groups is 1. The Hall–Kier alpha value is -2.97. The van der Waals surface area contributed by atoms with Gasteiger partial charge in [0.25, 0.3) is 5.91 Å². The van der Waals surface area contributed by atoms with Gasteiger partial charge in [0, 0.05) is 12.7 Å². The van der Waals surface area contributed by atoms with Gasteiger partial charge in [-0.2, -0.15) is 0 Å². The summed E-state index contributed by atoms with van der Waals surface area (Å²) in [6.45, 7) is 0.650. The van der Waals surface area contributed by atoms with Crippen LogP contribution >= 0.6 is 0 Å². The van der Waals surface area contributed by atoms with E-state index in [0.717, 1.165) is 6.42 Å². The monoisotopic (exact) mass is 317 g/mol. The highest BCUT2D eigenvalue weighted by Gasteiger charge is 2.33. The second-order valence-electron chi connectivity index (χ2n) is 5.12. The van der Waals surface area contributed by atoms with Gasteiger partial charge in [0.05, 0.1) is 12.8 Å². The number of hydrogen-bond donors (Lipinski definition) is 2. The molecule has 1 unspecified atom stereocenters. The summed E-state index contributed by atoms with van der Waals surface area (Å²) in [6, 6.07) is 0.635. The third kappa shape index (κ3) is 2.98. The quantitative estimate of drug-likeness (QED) is 0.451. The average Bonchev–Trinajstić information content (AvgIpc) is 3.14. The van der Waals surface area contributed by atoms with Crippen molar-refractivity contribution in [3.05, 3.63) is 23.7 Å². The molecule has 0 aliphatic carbocycles. The van der Waals surface area contributed by atoms with Gasteiger partial charge in [-0.1, -0.05) is 0 Å². The molecule has 1 aromatic rings. The molecule has 3 amide bonds. The Morgan fingerprint density at radius 3 is 2.96 bits per heavy atom. The first kappa shape index (κ1) is 14.9. The maximum atomic E-state index is 11.8. The fraction of sp³-hybridized carbons (Fsp3) is 0.357. The Labute approximate surface area is 131 Å². The molecule has 1 aromatic heterocycles. The maximum Gasteiger partial charge on any atom is 0.328 e. The third-order valence-electron chi connectivity index (χ3n) is 3.66. The Kier molecular flexibility index (Phi) is 3.92. The molecule has 0 aromatic carbocycles. The molecule has 2 aliphatic heterocycles. The van der Waals surface area contributed by atoms with Crippen LogP contribution in [-0.4, -0.2) is 47.6 Å². The summed E-state index contributed by atoms with van der Waals surface area (Å²) < 4.78 is 4.80. The molecule has 2 saturated heterocycles. The summed E-state index contributed by atoms with van der Waals surface area (Å²) in [5, 5.41) is 4.50. The fourth-order valence-corrected chi connectivity index (χ4v) is 2.60. The molecule has 2 aliphatic rings.